The first-order chi connectivity index (χ1) is 9.33. The van der Waals surface area contributed by atoms with Crippen LogP contribution in [0.4, 0.5) is 11.4 Å². The van der Waals surface area contributed by atoms with E-state index < -0.39 is 0 Å². The molecular formula is C16H25N3. The van der Waals surface area contributed by atoms with E-state index in [0.717, 1.165) is 24.8 Å². The van der Waals surface area contributed by atoms with Gasteiger partial charge in [0.05, 0.1) is 0 Å². The Morgan fingerprint density at radius 2 is 1.68 bits per heavy atom. The van der Waals surface area contributed by atoms with Gasteiger partial charge in [-0.1, -0.05) is 25.3 Å². The number of piperazine rings is 1. The molecule has 3 rings (SSSR count). The molecule has 1 aliphatic heterocycles. The third-order valence-electron chi connectivity index (χ3n) is 4.64. The molecule has 0 aromatic heterocycles. The van der Waals surface area contributed by atoms with Crippen molar-refractivity contribution in [2.75, 3.05) is 36.8 Å². The minimum Gasteiger partial charge on any atom is -0.399 e. The minimum absolute atomic E-state index is 0.858. The van der Waals surface area contributed by atoms with E-state index in [9.17, 15) is 0 Å². The van der Waals surface area contributed by atoms with Crippen molar-refractivity contribution in [3.63, 3.8) is 0 Å². The van der Waals surface area contributed by atoms with Crippen molar-refractivity contribution in [2.45, 2.75) is 38.1 Å². The van der Waals surface area contributed by atoms with Crippen molar-refractivity contribution in [1.82, 2.24) is 4.90 Å². The van der Waals surface area contributed by atoms with E-state index in [1.807, 2.05) is 6.07 Å². The number of hydrogen-bond donors (Lipinski definition) is 1. The second-order valence-electron chi connectivity index (χ2n) is 5.91. The van der Waals surface area contributed by atoms with Crippen LogP contribution in [0.25, 0.3) is 0 Å². The first kappa shape index (κ1) is 12.8. The highest BCUT2D eigenvalue weighted by Gasteiger charge is 2.25. The normalized spacial score (nSPS) is 22.6. The summed E-state index contributed by atoms with van der Waals surface area (Å²) in [6.45, 7) is 4.69. The molecule has 2 aliphatic rings. The summed E-state index contributed by atoms with van der Waals surface area (Å²) in [4.78, 5) is 5.18. The first-order valence-corrected chi connectivity index (χ1v) is 7.67. The first-order valence-electron chi connectivity index (χ1n) is 7.67. The molecule has 1 saturated carbocycles. The SMILES string of the molecule is Nc1cccc(N2CCN(C3CCCCC3)CC2)c1. The summed E-state index contributed by atoms with van der Waals surface area (Å²) in [6, 6.07) is 9.14. The maximum Gasteiger partial charge on any atom is 0.0387 e. The molecule has 104 valence electrons. The van der Waals surface area contributed by atoms with Gasteiger partial charge in [-0.3, -0.25) is 4.90 Å². The van der Waals surface area contributed by atoms with E-state index in [1.165, 1.54) is 50.9 Å². The molecule has 0 atom stereocenters. The summed E-state index contributed by atoms with van der Waals surface area (Å²) < 4.78 is 0. The van der Waals surface area contributed by atoms with Crippen LogP contribution in [-0.4, -0.2) is 37.1 Å². The van der Waals surface area contributed by atoms with E-state index in [0.29, 0.717) is 0 Å². The number of nitrogens with zero attached hydrogens (tertiary/aromatic N) is 2. The van der Waals surface area contributed by atoms with Crippen LogP contribution < -0.4 is 10.6 Å². The maximum absolute atomic E-state index is 5.87. The predicted octanol–water partition coefficient (Wildman–Crippen LogP) is 2.72. The standard InChI is InChI=1S/C16H25N3/c17-14-5-4-8-16(13-14)19-11-9-18(10-12-19)15-6-2-1-3-7-15/h4-5,8,13,15H,1-3,6-7,9-12,17H2. The molecule has 2 fully saturated rings. The highest BCUT2D eigenvalue weighted by Crippen LogP contribution is 2.25. The second-order valence-corrected chi connectivity index (χ2v) is 5.91. The fourth-order valence-corrected chi connectivity index (χ4v) is 3.51. The smallest absolute Gasteiger partial charge is 0.0387 e. The molecule has 1 aliphatic carbocycles. The molecule has 3 heteroatoms. The second kappa shape index (κ2) is 5.83. The van der Waals surface area contributed by atoms with Gasteiger partial charge in [0.25, 0.3) is 0 Å². The van der Waals surface area contributed by atoms with Crippen LogP contribution in [0, 0.1) is 0 Å². The molecule has 0 unspecified atom stereocenters. The zero-order chi connectivity index (χ0) is 13.1. The molecule has 0 radical (unpaired) electrons. The minimum atomic E-state index is 0.858. The Morgan fingerprint density at radius 1 is 0.947 bits per heavy atom. The molecule has 1 aromatic rings. The molecular weight excluding hydrogens is 234 g/mol. The Morgan fingerprint density at radius 3 is 2.37 bits per heavy atom. The molecule has 3 nitrogen and oxygen atoms in total. The summed E-state index contributed by atoms with van der Waals surface area (Å²) in [5.74, 6) is 0. The largest absolute Gasteiger partial charge is 0.399 e. The van der Waals surface area contributed by atoms with Gasteiger partial charge < -0.3 is 10.6 Å². The van der Waals surface area contributed by atoms with Gasteiger partial charge in [0.15, 0.2) is 0 Å². The Bertz CT molecular complexity index is 404. The maximum atomic E-state index is 5.87. The third-order valence-corrected chi connectivity index (χ3v) is 4.64. The topological polar surface area (TPSA) is 32.5 Å². The van der Waals surface area contributed by atoms with E-state index in [4.69, 9.17) is 5.73 Å². The summed E-state index contributed by atoms with van der Waals surface area (Å²) >= 11 is 0. The van der Waals surface area contributed by atoms with E-state index >= 15 is 0 Å². The number of nitrogen functional groups attached to an aromatic ring is 1. The van der Waals surface area contributed by atoms with Gasteiger partial charge >= 0.3 is 0 Å². The lowest BCUT2D eigenvalue weighted by Crippen LogP contribution is -2.50. The lowest BCUT2D eigenvalue weighted by atomic mass is 9.94. The van der Waals surface area contributed by atoms with Gasteiger partial charge in [-0.15, -0.1) is 0 Å². The highest BCUT2D eigenvalue weighted by atomic mass is 15.3. The van der Waals surface area contributed by atoms with Crippen molar-refractivity contribution in [3.8, 4) is 0 Å². The third kappa shape index (κ3) is 3.03. The fourth-order valence-electron chi connectivity index (χ4n) is 3.51. The monoisotopic (exact) mass is 259 g/mol. The van der Waals surface area contributed by atoms with Gasteiger partial charge in [0.2, 0.25) is 0 Å². The average molecular weight is 259 g/mol. The molecule has 2 N–H and O–H groups in total. The molecule has 0 spiro atoms. The summed E-state index contributed by atoms with van der Waals surface area (Å²) in [7, 11) is 0. The molecule has 19 heavy (non-hydrogen) atoms. The van der Waals surface area contributed by atoms with Crippen LogP contribution in [-0.2, 0) is 0 Å². The zero-order valence-electron chi connectivity index (χ0n) is 11.7. The van der Waals surface area contributed by atoms with Crippen LogP contribution in [0.15, 0.2) is 24.3 Å². The molecule has 1 saturated heterocycles. The number of hydrogen-bond acceptors (Lipinski definition) is 3. The van der Waals surface area contributed by atoms with Crippen LogP contribution in [0.3, 0.4) is 0 Å². The Kier molecular flexibility index (Phi) is 3.92. The molecule has 0 bridgehead atoms. The highest BCUT2D eigenvalue weighted by molar-refractivity contribution is 5.56. The summed E-state index contributed by atoms with van der Waals surface area (Å²) in [5, 5.41) is 0. The van der Waals surface area contributed by atoms with Crippen LogP contribution in [0.2, 0.25) is 0 Å². The Hall–Kier alpha value is -1.22. The van der Waals surface area contributed by atoms with Crippen molar-refractivity contribution in [3.05, 3.63) is 24.3 Å². The zero-order valence-corrected chi connectivity index (χ0v) is 11.7. The van der Waals surface area contributed by atoms with Gasteiger partial charge in [-0.2, -0.15) is 0 Å². The van der Waals surface area contributed by atoms with Gasteiger partial charge in [0.1, 0.15) is 0 Å². The summed E-state index contributed by atoms with van der Waals surface area (Å²) in [5.41, 5.74) is 8.02. The van der Waals surface area contributed by atoms with Crippen molar-refractivity contribution in [1.29, 1.82) is 0 Å². The van der Waals surface area contributed by atoms with Crippen LogP contribution in [0.5, 0.6) is 0 Å². The van der Waals surface area contributed by atoms with E-state index in [1.54, 1.807) is 0 Å². The van der Waals surface area contributed by atoms with Crippen molar-refractivity contribution < 1.29 is 0 Å². The van der Waals surface area contributed by atoms with E-state index in [-0.39, 0.29) is 0 Å². The Balaban J connectivity index is 1.57. The number of nitrogens with two attached hydrogens (primary N) is 1. The number of anilines is 2. The van der Waals surface area contributed by atoms with Gasteiger partial charge in [-0.05, 0) is 31.0 Å². The number of rotatable bonds is 2. The molecule has 1 heterocycles. The fraction of sp³-hybridized carbons (Fsp3) is 0.625. The Labute approximate surface area is 116 Å². The van der Waals surface area contributed by atoms with E-state index in [2.05, 4.69) is 28.0 Å². The average Bonchev–Trinajstić information content (AvgIpc) is 2.48. The van der Waals surface area contributed by atoms with Gasteiger partial charge in [0, 0.05) is 43.6 Å². The van der Waals surface area contributed by atoms with Crippen LogP contribution in [0.1, 0.15) is 32.1 Å². The lowest BCUT2D eigenvalue weighted by molar-refractivity contribution is 0.148. The molecule has 1 aromatic carbocycles. The quantitative estimate of drug-likeness (QED) is 0.829. The van der Waals surface area contributed by atoms with Gasteiger partial charge in [-0.25, -0.2) is 0 Å². The predicted molar refractivity (Wildman–Crippen MR) is 81.5 cm³/mol. The van der Waals surface area contributed by atoms with Crippen molar-refractivity contribution >= 4 is 11.4 Å². The number of benzene rings is 1. The van der Waals surface area contributed by atoms with Crippen molar-refractivity contribution in [2.24, 2.45) is 0 Å². The molecule has 0 amide bonds. The summed E-state index contributed by atoms with van der Waals surface area (Å²) in [6.07, 6.45) is 7.14. The van der Waals surface area contributed by atoms with Crippen LogP contribution >= 0.6 is 0 Å². The lowest BCUT2D eigenvalue weighted by Gasteiger charge is -2.41.